The Morgan fingerprint density at radius 1 is 0.897 bits per heavy atom. The van der Waals surface area contributed by atoms with Crippen LogP contribution in [-0.4, -0.2) is 55.2 Å². The van der Waals surface area contributed by atoms with E-state index >= 15 is 0 Å². The van der Waals surface area contributed by atoms with Crippen LogP contribution in [0.2, 0.25) is 0 Å². The molecule has 29 heavy (non-hydrogen) atoms. The first-order valence-electron chi connectivity index (χ1n) is 9.65. The minimum Gasteiger partial charge on any atom is -0.479 e. The van der Waals surface area contributed by atoms with Crippen LogP contribution in [0.3, 0.4) is 0 Å². The largest absolute Gasteiger partial charge is 0.479 e. The predicted molar refractivity (Wildman–Crippen MR) is 107 cm³/mol. The monoisotopic (exact) mass is 400 g/mol. The molecule has 0 saturated carbocycles. The van der Waals surface area contributed by atoms with Gasteiger partial charge in [0.2, 0.25) is 0 Å². The fraction of sp³-hybridized carbons (Fsp3) is 0.364. The van der Waals surface area contributed by atoms with E-state index in [1.54, 1.807) is 11.8 Å². The van der Waals surface area contributed by atoms with E-state index in [0.717, 1.165) is 18.8 Å². The molecule has 2 atom stereocenters. The minimum absolute atomic E-state index is 0.222. The molecule has 154 valence electrons. The first-order valence-corrected chi connectivity index (χ1v) is 9.65. The number of carbonyl (C=O) groups is 2. The van der Waals surface area contributed by atoms with Crippen molar-refractivity contribution in [1.82, 2.24) is 4.90 Å². The highest BCUT2D eigenvalue weighted by Gasteiger charge is 2.29. The van der Waals surface area contributed by atoms with Gasteiger partial charge in [0.15, 0.2) is 12.2 Å². The van der Waals surface area contributed by atoms with Gasteiger partial charge in [-0.15, -0.1) is 0 Å². The Morgan fingerprint density at radius 3 is 2.14 bits per heavy atom. The summed E-state index contributed by atoms with van der Waals surface area (Å²) in [7, 11) is 0. The highest BCUT2D eigenvalue weighted by atomic mass is 19.1. The zero-order chi connectivity index (χ0) is 20.8. The number of hydrogen-bond donors (Lipinski definition) is 0. The maximum Gasteiger partial charge on any atom is 0.347 e. The van der Waals surface area contributed by atoms with Crippen LogP contribution in [-0.2, 0) is 14.3 Å². The van der Waals surface area contributed by atoms with Gasteiger partial charge in [-0.25, -0.2) is 9.18 Å². The molecule has 1 aliphatic rings. The normalized spacial score (nSPS) is 16.1. The second-order valence-electron chi connectivity index (χ2n) is 6.94. The number of ether oxygens (including phenoxy) is 2. The number of esters is 1. The van der Waals surface area contributed by atoms with Gasteiger partial charge >= 0.3 is 5.97 Å². The standard InChI is InChI=1S/C22H25FN2O4/c1-16(29-22(27)17(2)28-20-10-8-18(23)9-11-20)21(26)25-14-12-24(13-15-25)19-6-4-3-5-7-19/h3-11,16-17H,12-15H2,1-2H3/t16-,17-/m0/s1. The van der Waals surface area contributed by atoms with E-state index in [4.69, 9.17) is 9.47 Å². The van der Waals surface area contributed by atoms with E-state index in [1.807, 2.05) is 30.3 Å². The molecule has 7 heteroatoms. The van der Waals surface area contributed by atoms with Gasteiger partial charge in [-0.05, 0) is 50.2 Å². The van der Waals surface area contributed by atoms with Gasteiger partial charge in [-0.3, -0.25) is 4.79 Å². The lowest BCUT2D eigenvalue weighted by Gasteiger charge is -2.37. The van der Waals surface area contributed by atoms with Crippen molar-refractivity contribution in [3.05, 3.63) is 60.4 Å². The van der Waals surface area contributed by atoms with Crippen LogP contribution >= 0.6 is 0 Å². The van der Waals surface area contributed by atoms with Gasteiger partial charge < -0.3 is 19.3 Å². The first-order chi connectivity index (χ1) is 13.9. The molecule has 0 radical (unpaired) electrons. The maximum atomic E-state index is 12.9. The number of piperazine rings is 1. The van der Waals surface area contributed by atoms with E-state index in [9.17, 15) is 14.0 Å². The van der Waals surface area contributed by atoms with Crippen LogP contribution in [0.15, 0.2) is 54.6 Å². The van der Waals surface area contributed by atoms with Crippen molar-refractivity contribution >= 4 is 17.6 Å². The smallest absolute Gasteiger partial charge is 0.347 e. The van der Waals surface area contributed by atoms with Crippen molar-refractivity contribution in [2.24, 2.45) is 0 Å². The van der Waals surface area contributed by atoms with Gasteiger partial charge in [-0.2, -0.15) is 0 Å². The minimum atomic E-state index is -0.911. The molecule has 1 heterocycles. The third kappa shape index (κ3) is 5.47. The molecule has 0 aliphatic carbocycles. The molecular weight excluding hydrogens is 375 g/mol. The van der Waals surface area contributed by atoms with Crippen LogP contribution in [0.25, 0.3) is 0 Å². The molecule has 1 fully saturated rings. The quantitative estimate of drug-likeness (QED) is 0.698. The van der Waals surface area contributed by atoms with E-state index in [2.05, 4.69) is 4.90 Å². The summed E-state index contributed by atoms with van der Waals surface area (Å²) < 4.78 is 23.7. The summed E-state index contributed by atoms with van der Waals surface area (Å²) in [6.45, 7) is 5.67. The van der Waals surface area contributed by atoms with Crippen molar-refractivity contribution in [3.63, 3.8) is 0 Å². The highest BCUT2D eigenvalue weighted by molar-refractivity contribution is 5.84. The Morgan fingerprint density at radius 2 is 1.52 bits per heavy atom. The van der Waals surface area contributed by atoms with Crippen molar-refractivity contribution < 1.29 is 23.5 Å². The summed E-state index contributed by atoms with van der Waals surface area (Å²) in [5, 5.41) is 0. The number of halogens is 1. The van der Waals surface area contributed by atoms with Gasteiger partial charge in [0, 0.05) is 31.9 Å². The van der Waals surface area contributed by atoms with E-state index in [1.165, 1.54) is 31.2 Å². The summed E-state index contributed by atoms with van der Waals surface area (Å²) >= 11 is 0. The van der Waals surface area contributed by atoms with Crippen LogP contribution in [0.5, 0.6) is 5.75 Å². The van der Waals surface area contributed by atoms with Crippen LogP contribution in [0.1, 0.15) is 13.8 Å². The van der Waals surface area contributed by atoms with Crippen LogP contribution in [0.4, 0.5) is 10.1 Å². The number of amides is 1. The summed E-state index contributed by atoms with van der Waals surface area (Å²) in [5.41, 5.74) is 1.13. The fourth-order valence-corrected chi connectivity index (χ4v) is 3.17. The SMILES string of the molecule is C[C@H](Oc1ccc(F)cc1)C(=O)O[C@@H](C)C(=O)N1CCN(c2ccccc2)CC1. The molecule has 0 N–H and O–H groups in total. The first kappa shape index (κ1) is 20.6. The Hall–Kier alpha value is -3.09. The molecule has 2 aromatic rings. The Kier molecular flexibility index (Phi) is 6.69. The second kappa shape index (κ2) is 9.41. The number of anilines is 1. The van der Waals surface area contributed by atoms with Crippen molar-refractivity contribution in [3.8, 4) is 5.75 Å². The van der Waals surface area contributed by atoms with E-state index in [-0.39, 0.29) is 11.7 Å². The van der Waals surface area contributed by atoms with Gasteiger partial charge in [-0.1, -0.05) is 18.2 Å². The van der Waals surface area contributed by atoms with Gasteiger partial charge in [0.05, 0.1) is 0 Å². The van der Waals surface area contributed by atoms with Crippen molar-refractivity contribution in [1.29, 1.82) is 0 Å². The molecule has 6 nitrogen and oxygen atoms in total. The number of rotatable bonds is 6. The predicted octanol–water partition coefficient (Wildman–Crippen LogP) is 2.87. The number of hydrogen-bond acceptors (Lipinski definition) is 5. The number of nitrogens with zero attached hydrogens (tertiary/aromatic N) is 2. The average Bonchev–Trinajstić information content (AvgIpc) is 2.75. The highest BCUT2D eigenvalue weighted by Crippen LogP contribution is 2.17. The summed E-state index contributed by atoms with van der Waals surface area (Å²) in [6, 6.07) is 15.4. The van der Waals surface area contributed by atoms with E-state index < -0.39 is 18.2 Å². The Labute approximate surface area is 169 Å². The number of carbonyl (C=O) groups excluding carboxylic acids is 2. The summed E-state index contributed by atoms with van der Waals surface area (Å²) in [6.07, 6.45) is -1.81. The lowest BCUT2D eigenvalue weighted by Crippen LogP contribution is -2.52. The molecule has 1 amide bonds. The van der Waals surface area contributed by atoms with Crippen LogP contribution in [0, 0.1) is 5.82 Å². The van der Waals surface area contributed by atoms with Crippen molar-refractivity contribution in [2.45, 2.75) is 26.1 Å². The molecule has 2 aromatic carbocycles. The lowest BCUT2D eigenvalue weighted by atomic mass is 10.2. The maximum absolute atomic E-state index is 12.9. The summed E-state index contributed by atoms with van der Waals surface area (Å²) in [5.74, 6) is -0.899. The second-order valence-corrected chi connectivity index (χ2v) is 6.94. The molecule has 0 aromatic heterocycles. The molecule has 1 aliphatic heterocycles. The topological polar surface area (TPSA) is 59.1 Å². The fourth-order valence-electron chi connectivity index (χ4n) is 3.17. The molecule has 0 bridgehead atoms. The van der Waals surface area contributed by atoms with Gasteiger partial charge in [0.1, 0.15) is 11.6 Å². The Balaban J connectivity index is 1.47. The number of para-hydroxylation sites is 1. The van der Waals surface area contributed by atoms with Gasteiger partial charge in [0.25, 0.3) is 5.91 Å². The molecular formula is C22H25FN2O4. The zero-order valence-corrected chi connectivity index (χ0v) is 16.6. The molecule has 1 saturated heterocycles. The molecule has 0 unspecified atom stereocenters. The summed E-state index contributed by atoms with van der Waals surface area (Å²) in [4.78, 5) is 28.8. The molecule has 0 spiro atoms. The van der Waals surface area contributed by atoms with Crippen molar-refractivity contribution in [2.75, 3.05) is 31.1 Å². The third-order valence-electron chi connectivity index (χ3n) is 4.81. The lowest BCUT2D eigenvalue weighted by molar-refractivity contribution is -0.164. The third-order valence-corrected chi connectivity index (χ3v) is 4.81. The van der Waals surface area contributed by atoms with Crippen LogP contribution < -0.4 is 9.64 Å². The zero-order valence-electron chi connectivity index (χ0n) is 16.6. The average molecular weight is 400 g/mol. The molecule has 3 rings (SSSR count). The Bertz CT molecular complexity index is 820. The van der Waals surface area contributed by atoms with E-state index in [0.29, 0.717) is 18.8 Å². The number of benzene rings is 2.